The zero-order chi connectivity index (χ0) is 20.5. The van der Waals surface area contributed by atoms with Crippen LogP contribution in [0.4, 0.5) is 8.78 Å². The number of pyridine rings is 1. The molecule has 1 saturated carbocycles. The zero-order valence-electron chi connectivity index (χ0n) is 16.9. The van der Waals surface area contributed by atoms with Gasteiger partial charge in [-0.05, 0) is 45.1 Å². The Balaban J connectivity index is 1.45. The number of likely N-dealkylation sites (tertiary alicyclic amines) is 1. The highest BCUT2D eigenvalue weighted by Gasteiger charge is 2.33. The minimum Gasteiger partial charge on any atom is -0.381 e. The number of ether oxygens (including phenoxy) is 1. The van der Waals surface area contributed by atoms with Crippen LogP contribution in [0.1, 0.15) is 67.8 Å². The molecule has 2 aromatic rings. The average molecular weight is 407 g/mol. The molecule has 6 nitrogen and oxygen atoms in total. The number of aromatic nitrogens is 2. The van der Waals surface area contributed by atoms with E-state index in [9.17, 15) is 13.6 Å². The summed E-state index contributed by atoms with van der Waals surface area (Å²) in [6.45, 7) is 2.89. The van der Waals surface area contributed by atoms with Gasteiger partial charge in [0.1, 0.15) is 0 Å². The number of hydrogen-bond donors (Lipinski definition) is 0. The van der Waals surface area contributed by atoms with E-state index in [1.807, 2.05) is 4.90 Å². The topological polar surface area (TPSA) is 68.5 Å². The van der Waals surface area contributed by atoms with Gasteiger partial charge in [-0.3, -0.25) is 4.79 Å². The lowest BCUT2D eigenvalue weighted by Crippen LogP contribution is -2.43. The van der Waals surface area contributed by atoms with Crippen molar-refractivity contribution in [3.63, 3.8) is 0 Å². The lowest BCUT2D eigenvalue weighted by atomic mass is 9.85. The second-order valence-electron chi connectivity index (χ2n) is 8.21. The SMILES string of the molecule is CO[C@@H]1CCC[C@H](C(=O)N2CCC(c3cc(C(F)F)c4c(C)noc4n3)CC2)C1. The lowest BCUT2D eigenvalue weighted by Gasteiger charge is -2.36. The fourth-order valence-corrected chi connectivity index (χ4v) is 4.77. The zero-order valence-corrected chi connectivity index (χ0v) is 16.9. The van der Waals surface area contributed by atoms with Gasteiger partial charge in [0.25, 0.3) is 12.1 Å². The molecule has 2 aromatic heterocycles. The largest absolute Gasteiger partial charge is 0.381 e. The summed E-state index contributed by atoms with van der Waals surface area (Å²) in [4.78, 5) is 19.3. The van der Waals surface area contributed by atoms with Crippen LogP contribution in [0.2, 0.25) is 0 Å². The van der Waals surface area contributed by atoms with Gasteiger partial charge in [0, 0.05) is 43.3 Å². The smallest absolute Gasteiger partial charge is 0.264 e. The van der Waals surface area contributed by atoms with Crippen LogP contribution < -0.4 is 0 Å². The van der Waals surface area contributed by atoms with Crippen LogP contribution in [0.3, 0.4) is 0 Å². The number of halogens is 2. The van der Waals surface area contributed by atoms with Crippen molar-refractivity contribution in [2.75, 3.05) is 20.2 Å². The van der Waals surface area contributed by atoms with Crippen molar-refractivity contribution in [2.24, 2.45) is 5.92 Å². The van der Waals surface area contributed by atoms with Crippen LogP contribution >= 0.6 is 0 Å². The molecule has 8 heteroatoms. The monoisotopic (exact) mass is 407 g/mol. The Labute approximate surface area is 168 Å². The van der Waals surface area contributed by atoms with Crippen molar-refractivity contribution >= 4 is 17.0 Å². The summed E-state index contributed by atoms with van der Waals surface area (Å²) < 4.78 is 37.8. The van der Waals surface area contributed by atoms with E-state index >= 15 is 0 Å². The fraction of sp³-hybridized carbons (Fsp3) is 0.667. The maximum atomic E-state index is 13.6. The number of amides is 1. The summed E-state index contributed by atoms with van der Waals surface area (Å²) in [5.74, 6) is 0.263. The molecule has 1 aliphatic heterocycles. The summed E-state index contributed by atoms with van der Waals surface area (Å²) in [6.07, 6.45) is 2.71. The van der Waals surface area contributed by atoms with Gasteiger partial charge in [0.05, 0.1) is 17.2 Å². The molecule has 0 unspecified atom stereocenters. The number of hydrogen-bond acceptors (Lipinski definition) is 5. The molecule has 0 aromatic carbocycles. The highest BCUT2D eigenvalue weighted by atomic mass is 19.3. The number of rotatable bonds is 4. The van der Waals surface area contributed by atoms with Crippen LogP contribution in [0.15, 0.2) is 10.6 Å². The van der Waals surface area contributed by atoms with E-state index in [4.69, 9.17) is 9.26 Å². The van der Waals surface area contributed by atoms with E-state index in [2.05, 4.69) is 10.1 Å². The molecule has 0 bridgehead atoms. The molecule has 4 rings (SSSR count). The number of carbonyl (C=O) groups excluding carboxylic acids is 1. The molecule has 158 valence electrons. The number of carbonyl (C=O) groups is 1. The Morgan fingerprint density at radius 2 is 2.03 bits per heavy atom. The van der Waals surface area contributed by atoms with Crippen molar-refractivity contribution in [1.82, 2.24) is 15.0 Å². The minimum absolute atomic E-state index is 0.0299. The second-order valence-corrected chi connectivity index (χ2v) is 8.21. The first kappa shape index (κ1) is 20.2. The highest BCUT2D eigenvalue weighted by molar-refractivity contribution is 5.81. The normalized spacial score (nSPS) is 23.8. The standard InChI is InChI=1S/C21H27F2N3O3/c1-12-18-16(19(22)23)11-17(24-20(18)29-25-12)13-6-8-26(9-7-13)21(27)14-4-3-5-15(10-14)28-2/h11,13-15,19H,3-10H2,1-2H3/t14-,15+/m0/s1. The van der Waals surface area contributed by atoms with E-state index in [1.165, 1.54) is 6.07 Å². The molecule has 29 heavy (non-hydrogen) atoms. The quantitative estimate of drug-likeness (QED) is 0.752. The van der Waals surface area contributed by atoms with Crippen LogP contribution in [0, 0.1) is 12.8 Å². The number of alkyl halides is 2. The van der Waals surface area contributed by atoms with Gasteiger partial charge in [0.2, 0.25) is 5.91 Å². The lowest BCUT2D eigenvalue weighted by molar-refractivity contribution is -0.139. The van der Waals surface area contributed by atoms with Crippen LogP contribution in [-0.2, 0) is 9.53 Å². The number of nitrogens with zero attached hydrogens (tertiary/aromatic N) is 3. The Morgan fingerprint density at radius 3 is 2.72 bits per heavy atom. The Morgan fingerprint density at radius 1 is 1.28 bits per heavy atom. The van der Waals surface area contributed by atoms with Gasteiger partial charge in [0.15, 0.2) is 0 Å². The van der Waals surface area contributed by atoms with Gasteiger partial charge in [-0.15, -0.1) is 0 Å². The number of piperidine rings is 1. The molecule has 3 heterocycles. The molecule has 1 amide bonds. The number of aryl methyl sites for hydroxylation is 1. The number of methoxy groups -OCH3 is 1. The van der Waals surface area contributed by atoms with Gasteiger partial charge >= 0.3 is 0 Å². The summed E-state index contributed by atoms with van der Waals surface area (Å²) in [6, 6.07) is 1.49. The first-order valence-electron chi connectivity index (χ1n) is 10.3. The van der Waals surface area contributed by atoms with E-state index in [0.717, 1.165) is 25.7 Å². The van der Waals surface area contributed by atoms with E-state index < -0.39 is 6.43 Å². The third kappa shape index (κ3) is 3.99. The van der Waals surface area contributed by atoms with Crippen LogP contribution in [-0.4, -0.2) is 47.3 Å². The predicted molar refractivity (Wildman–Crippen MR) is 103 cm³/mol. The van der Waals surface area contributed by atoms with E-state index in [1.54, 1.807) is 14.0 Å². The summed E-state index contributed by atoms with van der Waals surface area (Å²) in [5.41, 5.74) is 1.13. The fourth-order valence-electron chi connectivity index (χ4n) is 4.77. The maximum Gasteiger partial charge on any atom is 0.264 e. The van der Waals surface area contributed by atoms with Crippen LogP contribution in [0.25, 0.3) is 11.1 Å². The maximum absolute atomic E-state index is 13.6. The summed E-state index contributed by atoms with van der Waals surface area (Å²) in [5, 5.41) is 4.10. The van der Waals surface area contributed by atoms with Crippen molar-refractivity contribution < 1.29 is 22.8 Å². The first-order valence-corrected chi connectivity index (χ1v) is 10.3. The first-order chi connectivity index (χ1) is 14.0. The van der Waals surface area contributed by atoms with Gasteiger partial charge in [-0.1, -0.05) is 11.6 Å². The van der Waals surface area contributed by atoms with Gasteiger partial charge in [-0.25, -0.2) is 13.8 Å². The molecule has 0 N–H and O–H groups in total. The summed E-state index contributed by atoms with van der Waals surface area (Å²) in [7, 11) is 1.70. The van der Waals surface area contributed by atoms with E-state index in [0.29, 0.717) is 42.7 Å². The van der Waals surface area contributed by atoms with Crippen molar-refractivity contribution in [3.05, 3.63) is 23.0 Å². The molecule has 2 atom stereocenters. The highest BCUT2D eigenvalue weighted by Crippen LogP contribution is 2.35. The Kier molecular flexibility index (Phi) is 5.81. The molecule has 2 aliphatic rings. The van der Waals surface area contributed by atoms with Crippen molar-refractivity contribution in [2.45, 2.75) is 63.9 Å². The molecule has 0 radical (unpaired) electrons. The molecular formula is C21H27F2N3O3. The average Bonchev–Trinajstić information content (AvgIpc) is 3.13. The third-order valence-electron chi connectivity index (χ3n) is 6.44. The third-order valence-corrected chi connectivity index (χ3v) is 6.44. The number of fused-ring (bicyclic) bond motifs is 1. The molecule has 1 aliphatic carbocycles. The Hall–Kier alpha value is -2.09. The Bertz CT molecular complexity index is 877. The molecular weight excluding hydrogens is 380 g/mol. The summed E-state index contributed by atoms with van der Waals surface area (Å²) >= 11 is 0. The molecule has 2 fully saturated rings. The van der Waals surface area contributed by atoms with Gasteiger partial charge < -0.3 is 14.2 Å². The van der Waals surface area contributed by atoms with Crippen molar-refractivity contribution in [1.29, 1.82) is 0 Å². The van der Waals surface area contributed by atoms with Crippen molar-refractivity contribution in [3.8, 4) is 0 Å². The molecule has 0 spiro atoms. The van der Waals surface area contributed by atoms with E-state index in [-0.39, 0.29) is 35.1 Å². The molecule has 1 saturated heterocycles. The predicted octanol–water partition coefficient (Wildman–Crippen LogP) is 4.38. The van der Waals surface area contributed by atoms with Gasteiger partial charge in [-0.2, -0.15) is 0 Å². The second kappa shape index (κ2) is 8.34. The minimum atomic E-state index is -2.61. The van der Waals surface area contributed by atoms with Crippen LogP contribution in [0.5, 0.6) is 0 Å².